The molecule has 1 heterocycles. The van der Waals surface area contributed by atoms with Crippen LogP contribution in [0.3, 0.4) is 0 Å². The average molecular weight is 348 g/mol. The fourth-order valence-electron chi connectivity index (χ4n) is 2.10. The summed E-state index contributed by atoms with van der Waals surface area (Å²) in [5, 5.41) is 0. The lowest BCUT2D eigenvalue weighted by molar-refractivity contribution is 0.0752. The summed E-state index contributed by atoms with van der Waals surface area (Å²) in [4.78, 5) is 0.349. The average Bonchev–Trinajstić information content (AvgIpc) is 2.57. The van der Waals surface area contributed by atoms with Crippen LogP contribution in [-0.4, -0.2) is 38.5 Å². The first-order valence-electron chi connectivity index (χ1n) is 6.29. The van der Waals surface area contributed by atoms with Gasteiger partial charge in [-0.15, -0.1) is 0 Å². The Morgan fingerprint density at radius 3 is 2.84 bits per heavy atom. The quantitative estimate of drug-likeness (QED) is 0.825. The normalized spacial score (nSPS) is 22.2. The molecule has 1 aliphatic heterocycles. The van der Waals surface area contributed by atoms with Gasteiger partial charge in [0.05, 0.1) is 11.0 Å². The van der Waals surface area contributed by atoms with Gasteiger partial charge in [0.2, 0.25) is 10.0 Å². The highest BCUT2D eigenvalue weighted by Crippen LogP contribution is 2.23. The third-order valence-electron chi connectivity index (χ3n) is 3.18. The molecular weight excluding hydrogens is 330 g/mol. The second-order valence-corrected chi connectivity index (χ2v) is 7.60. The molecule has 0 aliphatic carbocycles. The van der Waals surface area contributed by atoms with Gasteiger partial charge in [0.25, 0.3) is 0 Å². The van der Waals surface area contributed by atoms with Crippen molar-refractivity contribution in [2.75, 3.05) is 19.7 Å². The van der Waals surface area contributed by atoms with Gasteiger partial charge in [-0.1, -0.05) is 15.9 Å². The number of nitrogens with zero attached hydrogens (tertiary/aromatic N) is 1. The van der Waals surface area contributed by atoms with Crippen LogP contribution in [0.4, 0.5) is 0 Å². The van der Waals surface area contributed by atoms with Crippen LogP contribution in [-0.2, 0) is 14.8 Å². The monoisotopic (exact) mass is 347 g/mol. The van der Waals surface area contributed by atoms with Gasteiger partial charge in [-0.25, -0.2) is 8.42 Å². The zero-order valence-corrected chi connectivity index (χ0v) is 13.5. The molecule has 2 rings (SSSR count). The number of benzene rings is 1. The van der Waals surface area contributed by atoms with E-state index in [2.05, 4.69) is 15.9 Å². The van der Waals surface area contributed by atoms with E-state index < -0.39 is 10.0 Å². The van der Waals surface area contributed by atoms with Crippen LogP contribution in [0.1, 0.15) is 18.9 Å². The highest BCUT2D eigenvalue weighted by atomic mass is 79.9. The molecule has 1 aromatic carbocycles. The number of hydrogen-bond donors (Lipinski definition) is 0. The summed E-state index contributed by atoms with van der Waals surface area (Å²) in [5.74, 6) is 0. The van der Waals surface area contributed by atoms with Crippen LogP contribution in [0.2, 0.25) is 0 Å². The molecule has 1 aliphatic rings. The van der Waals surface area contributed by atoms with E-state index in [0.29, 0.717) is 24.6 Å². The lowest BCUT2D eigenvalue weighted by Crippen LogP contribution is -2.35. The van der Waals surface area contributed by atoms with Crippen molar-refractivity contribution in [3.63, 3.8) is 0 Å². The zero-order valence-electron chi connectivity index (χ0n) is 11.1. The van der Waals surface area contributed by atoms with Crippen LogP contribution in [0.5, 0.6) is 0 Å². The van der Waals surface area contributed by atoms with E-state index in [1.165, 1.54) is 4.31 Å². The summed E-state index contributed by atoms with van der Waals surface area (Å²) in [6, 6.07) is 5.12. The van der Waals surface area contributed by atoms with Gasteiger partial charge in [0, 0.05) is 24.2 Å². The van der Waals surface area contributed by atoms with E-state index in [4.69, 9.17) is 4.74 Å². The molecule has 0 aromatic heterocycles. The minimum Gasteiger partial charge on any atom is -0.377 e. The fraction of sp³-hybridized carbons (Fsp3) is 0.538. The molecule has 1 fully saturated rings. The molecule has 6 heteroatoms. The Morgan fingerprint density at radius 1 is 1.42 bits per heavy atom. The Morgan fingerprint density at radius 2 is 2.16 bits per heavy atom. The molecule has 0 saturated carbocycles. The Bertz CT molecular complexity index is 559. The number of ether oxygens (including phenoxy) is 1. The molecule has 106 valence electrons. The Kier molecular flexibility index (Phi) is 4.66. The van der Waals surface area contributed by atoms with Crippen molar-refractivity contribution in [3.05, 3.63) is 28.2 Å². The predicted octanol–water partition coefficient (Wildman–Crippen LogP) is 2.56. The molecule has 4 nitrogen and oxygen atoms in total. The van der Waals surface area contributed by atoms with Gasteiger partial charge in [0.15, 0.2) is 0 Å². The second-order valence-electron chi connectivity index (χ2n) is 4.81. The Balaban J connectivity index is 2.32. The summed E-state index contributed by atoms with van der Waals surface area (Å²) in [6.07, 6.45) is 0.674. The van der Waals surface area contributed by atoms with E-state index >= 15 is 0 Å². The van der Waals surface area contributed by atoms with Gasteiger partial charge in [-0.3, -0.25) is 0 Å². The van der Waals surface area contributed by atoms with E-state index in [-0.39, 0.29) is 6.10 Å². The molecule has 0 amide bonds. The van der Waals surface area contributed by atoms with Crippen molar-refractivity contribution in [1.29, 1.82) is 0 Å². The summed E-state index contributed by atoms with van der Waals surface area (Å²) >= 11 is 3.39. The first kappa shape index (κ1) is 15.0. The first-order valence-corrected chi connectivity index (χ1v) is 8.52. The molecule has 0 radical (unpaired) electrons. The van der Waals surface area contributed by atoms with Gasteiger partial charge >= 0.3 is 0 Å². The molecule has 1 aromatic rings. The van der Waals surface area contributed by atoms with Crippen LogP contribution < -0.4 is 0 Å². The van der Waals surface area contributed by atoms with Crippen molar-refractivity contribution in [3.8, 4) is 0 Å². The van der Waals surface area contributed by atoms with Crippen LogP contribution in [0, 0.1) is 6.92 Å². The van der Waals surface area contributed by atoms with Gasteiger partial charge in [0.1, 0.15) is 0 Å². The Labute approximate surface area is 122 Å². The molecule has 0 N–H and O–H groups in total. The smallest absolute Gasteiger partial charge is 0.243 e. The molecule has 1 atom stereocenters. The number of sulfonamides is 1. The van der Waals surface area contributed by atoms with Crippen LogP contribution >= 0.6 is 15.9 Å². The van der Waals surface area contributed by atoms with Gasteiger partial charge in [-0.2, -0.15) is 4.31 Å². The van der Waals surface area contributed by atoms with Crippen LogP contribution in [0.15, 0.2) is 27.6 Å². The summed E-state index contributed by atoms with van der Waals surface area (Å²) in [6.45, 7) is 5.34. The van der Waals surface area contributed by atoms with E-state index in [9.17, 15) is 8.42 Å². The zero-order chi connectivity index (χ0) is 14.0. The third-order valence-corrected chi connectivity index (χ3v) is 5.93. The van der Waals surface area contributed by atoms with E-state index in [1.54, 1.807) is 18.2 Å². The van der Waals surface area contributed by atoms with Gasteiger partial charge in [-0.05, 0) is 44.0 Å². The minimum atomic E-state index is -3.43. The lowest BCUT2D eigenvalue weighted by atomic mass is 10.2. The third kappa shape index (κ3) is 3.37. The van der Waals surface area contributed by atoms with Crippen molar-refractivity contribution in [2.45, 2.75) is 31.3 Å². The molecule has 19 heavy (non-hydrogen) atoms. The second kappa shape index (κ2) is 5.91. The molecule has 1 unspecified atom stereocenters. The SMILES string of the molecule is Cc1cc(S(=O)(=O)N2CCCOC(C)C2)ccc1Br. The van der Waals surface area contributed by atoms with Crippen molar-refractivity contribution in [2.24, 2.45) is 0 Å². The number of aryl methyl sites for hydroxylation is 1. The number of hydrogen-bond acceptors (Lipinski definition) is 3. The van der Waals surface area contributed by atoms with Gasteiger partial charge < -0.3 is 4.74 Å². The van der Waals surface area contributed by atoms with Crippen molar-refractivity contribution < 1.29 is 13.2 Å². The first-order chi connectivity index (χ1) is 8.91. The number of halogens is 1. The summed E-state index contributed by atoms with van der Waals surface area (Å²) in [5.41, 5.74) is 0.917. The van der Waals surface area contributed by atoms with Crippen molar-refractivity contribution >= 4 is 26.0 Å². The van der Waals surface area contributed by atoms with E-state index in [1.807, 2.05) is 13.8 Å². The minimum absolute atomic E-state index is 0.0613. The maximum absolute atomic E-state index is 12.6. The highest BCUT2D eigenvalue weighted by Gasteiger charge is 2.27. The fourth-order valence-corrected chi connectivity index (χ4v) is 3.99. The Hall–Kier alpha value is -0.430. The van der Waals surface area contributed by atoms with Crippen molar-refractivity contribution in [1.82, 2.24) is 4.31 Å². The van der Waals surface area contributed by atoms with E-state index in [0.717, 1.165) is 16.5 Å². The largest absolute Gasteiger partial charge is 0.377 e. The van der Waals surface area contributed by atoms with Crippen LogP contribution in [0.25, 0.3) is 0 Å². The number of rotatable bonds is 2. The standard InChI is InChI=1S/C13H18BrNO3S/c1-10-8-12(4-5-13(10)14)19(16,17)15-6-3-7-18-11(2)9-15/h4-5,8,11H,3,6-7,9H2,1-2H3. The highest BCUT2D eigenvalue weighted by molar-refractivity contribution is 9.10. The summed E-state index contributed by atoms with van der Waals surface area (Å²) in [7, 11) is -3.43. The maximum Gasteiger partial charge on any atom is 0.243 e. The molecule has 0 spiro atoms. The summed E-state index contributed by atoms with van der Waals surface area (Å²) < 4.78 is 33.1. The molecule has 1 saturated heterocycles. The maximum atomic E-state index is 12.6. The lowest BCUT2D eigenvalue weighted by Gasteiger charge is -2.22. The molecule has 0 bridgehead atoms. The topological polar surface area (TPSA) is 46.6 Å². The molecular formula is C13H18BrNO3S. The predicted molar refractivity (Wildman–Crippen MR) is 77.7 cm³/mol.